The molecule has 34 heavy (non-hydrogen) atoms. The van der Waals surface area contributed by atoms with E-state index in [9.17, 15) is 14.4 Å². The number of Topliss-reactive ketones (excluding diaryl/α,β-unsaturated/α-hetero) is 1. The van der Waals surface area contributed by atoms with Gasteiger partial charge in [0, 0.05) is 41.9 Å². The van der Waals surface area contributed by atoms with Crippen molar-refractivity contribution < 1.29 is 14.4 Å². The maximum Gasteiger partial charge on any atom is 0.251 e. The fraction of sp³-hybridized carbons (Fsp3) is 0.407. The largest absolute Gasteiger partial charge is 0.387 e. The van der Waals surface area contributed by atoms with Gasteiger partial charge < -0.3 is 16.0 Å². The molecule has 2 amide bonds. The molecule has 1 atom stereocenters. The lowest BCUT2D eigenvalue weighted by Gasteiger charge is -2.24. The van der Waals surface area contributed by atoms with Crippen LogP contribution in [-0.2, 0) is 9.59 Å². The average Bonchev–Trinajstić information content (AvgIpc) is 2.95. The molecule has 3 rings (SSSR count). The van der Waals surface area contributed by atoms with Gasteiger partial charge in [-0.25, -0.2) is 4.99 Å². The Kier molecular flexibility index (Phi) is 8.21. The molecule has 0 bridgehead atoms. The molecule has 1 aromatic rings. The van der Waals surface area contributed by atoms with Crippen LogP contribution < -0.4 is 11.1 Å². The second kappa shape index (κ2) is 11.1. The standard InChI is InChI=1S/C27H34N4O3/c1-5-10-31(11-6-2)27(34)21-13-20-12-17(3)23(16-24(20)30-25(28)15-21)26(33)29-22-9-7-8-19(14-22)18(4)32/h7-9,13-14,16-17H,5-6,10-12,15H2,1-4H3,(H2,28,30)(H,29,33). The van der Waals surface area contributed by atoms with Crippen LogP contribution in [0.5, 0.6) is 0 Å². The zero-order chi connectivity index (χ0) is 24.8. The summed E-state index contributed by atoms with van der Waals surface area (Å²) in [4.78, 5) is 44.3. The summed E-state index contributed by atoms with van der Waals surface area (Å²) in [5.74, 6) is -0.0132. The van der Waals surface area contributed by atoms with Crippen molar-refractivity contribution in [2.45, 2.75) is 53.4 Å². The van der Waals surface area contributed by atoms with Crippen LogP contribution in [0.4, 0.5) is 5.69 Å². The first-order chi connectivity index (χ1) is 16.2. The van der Waals surface area contributed by atoms with Crippen LogP contribution in [0.2, 0.25) is 0 Å². The summed E-state index contributed by atoms with van der Waals surface area (Å²) in [7, 11) is 0. The van der Waals surface area contributed by atoms with Crippen molar-refractivity contribution in [1.29, 1.82) is 0 Å². The monoisotopic (exact) mass is 462 g/mol. The van der Waals surface area contributed by atoms with Crippen molar-refractivity contribution in [3.63, 3.8) is 0 Å². The van der Waals surface area contributed by atoms with E-state index in [0.29, 0.717) is 53.4 Å². The number of hydrogen-bond acceptors (Lipinski definition) is 5. The fourth-order valence-corrected chi connectivity index (χ4v) is 4.32. The molecule has 0 saturated heterocycles. The minimum Gasteiger partial charge on any atom is -0.387 e. The Morgan fingerprint density at radius 2 is 1.85 bits per heavy atom. The predicted octanol–water partition coefficient (Wildman–Crippen LogP) is 4.38. The third-order valence-electron chi connectivity index (χ3n) is 6.00. The van der Waals surface area contributed by atoms with E-state index in [0.717, 1.165) is 18.4 Å². The number of carbonyl (C=O) groups is 3. The first kappa shape index (κ1) is 25.1. The summed E-state index contributed by atoms with van der Waals surface area (Å²) >= 11 is 0. The number of ketones is 1. The molecule has 180 valence electrons. The number of nitrogens with one attached hydrogen (secondary N) is 1. The van der Waals surface area contributed by atoms with E-state index in [2.05, 4.69) is 24.2 Å². The summed E-state index contributed by atoms with van der Waals surface area (Å²) in [6.45, 7) is 9.01. The normalized spacial score (nSPS) is 17.6. The molecule has 0 aromatic heterocycles. The van der Waals surface area contributed by atoms with Crippen LogP contribution in [0.1, 0.15) is 63.7 Å². The van der Waals surface area contributed by atoms with Crippen molar-refractivity contribution in [2.75, 3.05) is 18.4 Å². The van der Waals surface area contributed by atoms with E-state index in [1.165, 1.54) is 6.92 Å². The quantitative estimate of drug-likeness (QED) is 0.559. The number of nitrogens with two attached hydrogens (primary N) is 1. The van der Waals surface area contributed by atoms with Crippen molar-refractivity contribution in [3.05, 3.63) is 64.4 Å². The maximum absolute atomic E-state index is 13.2. The Balaban J connectivity index is 1.89. The van der Waals surface area contributed by atoms with E-state index < -0.39 is 0 Å². The highest BCUT2D eigenvalue weighted by molar-refractivity contribution is 6.06. The number of allylic oxidation sites excluding steroid dienone is 3. The smallest absolute Gasteiger partial charge is 0.251 e. The van der Waals surface area contributed by atoms with Gasteiger partial charge in [-0.15, -0.1) is 0 Å². The summed E-state index contributed by atoms with van der Waals surface area (Å²) in [5, 5.41) is 2.89. The maximum atomic E-state index is 13.2. The summed E-state index contributed by atoms with van der Waals surface area (Å²) in [6, 6.07) is 6.88. The second-order valence-corrected chi connectivity index (χ2v) is 8.95. The molecule has 0 saturated carbocycles. The molecular weight excluding hydrogens is 428 g/mol. The molecule has 2 aliphatic rings. The minimum absolute atomic E-state index is 0.00104. The highest BCUT2D eigenvalue weighted by Gasteiger charge is 2.28. The molecule has 1 aromatic carbocycles. The van der Waals surface area contributed by atoms with E-state index in [-0.39, 0.29) is 29.9 Å². The summed E-state index contributed by atoms with van der Waals surface area (Å²) < 4.78 is 0. The highest BCUT2D eigenvalue weighted by atomic mass is 16.2. The van der Waals surface area contributed by atoms with Gasteiger partial charge in [0.2, 0.25) is 5.91 Å². The van der Waals surface area contributed by atoms with Crippen molar-refractivity contribution in [1.82, 2.24) is 4.90 Å². The molecule has 0 spiro atoms. The van der Waals surface area contributed by atoms with Gasteiger partial charge in [-0.2, -0.15) is 0 Å². The molecule has 1 unspecified atom stereocenters. The Bertz CT molecular complexity index is 1100. The van der Waals surface area contributed by atoms with Gasteiger partial charge >= 0.3 is 0 Å². The lowest BCUT2D eigenvalue weighted by molar-refractivity contribution is -0.127. The highest BCUT2D eigenvalue weighted by Crippen LogP contribution is 2.34. The van der Waals surface area contributed by atoms with Gasteiger partial charge in [0.1, 0.15) is 5.84 Å². The molecular formula is C27H34N4O3. The number of hydrogen-bond donors (Lipinski definition) is 2. The topological polar surface area (TPSA) is 105 Å². The zero-order valence-electron chi connectivity index (χ0n) is 20.5. The van der Waals surface area contributed by atoms with E-state index in [1.54, 1.807) is 30.3 Å². The average molecular weight is 463 g/mol. The number of aliphatic imine (C=N–C) groups is 1. The van der Waals surface area contributed by atoms with Crippen molar-refractivity contribution >= 4 is 29.1 Å². The number of benzene rings is 1. The molecule has 7 heteroatoms. The third kappa shape index (κ3) is 5.90. The molecule has 7 nitrogen and oxygen atoms in total. The molecule has 0 fully saturated rings. The fourth-order valence-electron chi connectivity index (χ4n) is 4.32. The minimum atomic E-state index is -0.241. The molecule has 1 heterocycles. The Morgan fingerprint density at radius 1 is 1.15 bits per heavy atom. The van der Waals surface area contributed by atoms with Crippen molar-refractivity contribution in [3.8, 4) is 0 Å². The van der Waals surface area contributed by atoms with Gasteiger partial charge in [0.05, 0.1) is 5.70 Å². The van der Waals surface area contributed by atoms with Crippen LogP contribution in [0.15, 0.2) is 63.8 Å². The Labute approximate surface area is 201 Å². The summed E-state index contributed by atoms with van der Waals surface area (Å²) in [6.07, 6.45) is 6.33. The van der Waals surface area contributed by atoms with Gasteiger partial charge in [-0.1, -0.05) is 32.9 Å². The van der Waals surface area contributed by atoms with E-state index in [1.807, 2.05) is 17.9 Å². The molecule has 1 aliphatic heterocycles. The second-order valence-electron chi connectivity index (χ2n) is 8.95. The van der Waals surface area contributed by atoms with Crippen LogP contribution in [0.3, 0.4) is 0 Å². The van der Waals surface area contributed by atoms with Crippen LogP contribution >= 0.6 is 0 Å². The third-order valence-corrected chi connectivity index (χ3v) is 6.00. The van der Waals surface area contributed by atoms with Gasteiger partial charge in [-0.05, 0) is 62.0 Å². The van der Waals surface area contributed by atoms with Gasteiger partial charge in [0.25, 0.3) is 5.91 Å². The van der Waals surface area contributed by atoms with E-state index >= 15 is 0 Å². The molecule has 3 N–H and O–H groups in total. The first-order valence-electron chi connectivity index (χ1n) is 11.9. The number of amidine groups is 1. The number of rotatable bonds is 8. The number of nitrogens with zero attached hydrogens (tertiary/aromatic N) is 2. The summed E-state index contributed by atoms with van der Waals surface area (Å²) in [5.41, 5.74) is 10.1. The first-order valence-corrected chi connectivity index (χ1v) is 11.9. The van der Waals surface area contributed by atoms with Gasteiger partial charge in [0.15, 0.2) is 5.78 Å². The van der Waals surface area contributed by atoms with Crippen LogP contribution in [0, 0.1) is 5.92 Å². The lowest BCUT2D eigenvalue weighted by Crippen LogP contribution is -2.34. The number of amides is 2. The number of anilines is 1. The zero-order valence-corrected chi connectivity index (χ0v) is 20.5. The lowest BCUT2D eigenvalue weighted by atomic mass is 9.85. The van der Waals surface area contributed by atoms with Crippen molar-refractivity contribution in [2.24, 2.45) is 16.6 Å². The SMILES string of the molecule is CCCN(CCC)C(=O)C1=CC2=C(C=C(C(=O)Nc3cccc(C(C)=O)c3)C(C)C2)N=C(N)C1. The van der Waals surface area contributed by atoms with E-state index in [4.69, 9.17) is 5.73 Å². The Morgan fingerprint density at radius 3 is 2.50 bits per heavy atom. The van der Waals surface area contributed by atoms with Gasteiger partial charge in [-0.3, -0.25) is 14.4 Å². The molecule has 1 aliphatic carbocycles. The molecule has 0 radical (unpaired) electrons. The number of carbonyl (C=O) groups excluding carboxylic acids is 3. The van der Waals surface area contributed by atoms with Crippen LogP contribution in [0.25, 0.3) is 0 Å². The predicted molar refractivity (Wildman–Crippen MR) is 135 cm³/mol. The van der Waals surface area contributed by atoms with Crippen LogP contribution in [-0.4, -0.2) is 41.4 Å². The Hall–Kier alpha value is -3.48.